The first kappa shape index (κ1) is 16.4. The molecule has 0 aliphatic heterocycles. The third kappa shape index (κ3) is 3.09. The minimum Gasteiger partial charge on any atom is -0.357 e. The van der Waals surface area contributed by atoms with E-state index in [1.807, 2.05) is 22.9 Å². The second-order valence-electron chi connectivity index (χ2n) is 6.18. The summed E-state index contributed by atoms with van der Waals surface area (Å²) in [5.41, 5.74) is 2.08. The molecule has 3 aromatic heterocycles. The number of rotatable bonds is 5. The molecule has 6 nitrogen and oxygen atoms in total. The highest BCUT2D eigenvalue weighted by atomic mass is 19.1. The molecule has 0 spiro atoms. The van der Waals surface area contributed by atoms with Gasteiger partial charge in [-0.2, -0.15) is 0 Å². The quantitative estimate of drug-likeness (QED) is 0.580. The van der Waals surface area contributed by atoms with Crippen molar-refractivity contribution >= 4 is 16.7 Å². The second kappa shape index (κ2) is 6.68. The van der Waals surface area contributed by atoms with Crippen LogP contribution in [0.4, 0.5) is 4.39 Å². The van der Waals surface area contributed by atoms with Crippen LogP contribution in [0, 0.1) is 5.82 Å². The molecule has 0 saturated carbocycles. The summed E-state index contributed by atoms with van der Waals surface area (Å²) in [5, 5.41) is 3.77. The van der Waals surface area contributed by atoms with Crippen molar-refractivity contribution in [2.24, 2.45) is 0 Å². The number of pyridine rings is 1. The first-order chi connectivity index (χ1) is 12.6. The zero-order valence-corrected chi connectivity index (χ0v) is 14.2. The van der Waals surface area contributed by atoms with Gasteiger partial charge in [-0.25, -0.2) is 14.4 Å². The zero-order chi connectivity index (χ0) is 18.1. The van der Waals surface area contributed by atoms with Gasteiger partial charge in [-0.15, -0.1) is 0 Å². The maximum atomic E-state index is 13.3. The largest absolute Gasteiger partial charge is 0.357 e. The number of aromatic nitrogens is 4. The van der Waals surface area contributed by atoms with Crippen LogP contribution in [0.1, 0.15) is 30.8 Å². The van der Waals surface area contributed by atoms with Crippen LogP contribution >= 0.6 is 0 Å². The molecule has 26 heavy (non-hydrogen) atoms. The first-order valence-corrected chi connectivity index (χ1v) is 8.48. The van der Waals surface area contributed by atoms with Gasteiger partial charge in [0.1, 0.15) is 5.82 Å². The number of halogens is 1. The predicted octanol–water partition coefficient (Wildman–Crippen LogP) is 2.95. The molecule has 0 aliphatic carbocycles. The third-order valence-corrected chi connectivity index (χ3v) is 4.41. The molecule has 1 unspecified atom stereocenters. The fourth-order valence-electron chi connectivity index (χ4n) is 3.08. The fraction of sp³-hybridized carbons (Fsp3) is 0.211. The number of nitrogens with zero attached hydrogens (tertiary/aromatic N) is 3. The number of imidazole rings is 1. The lowest BCUT2D eigenvalue weighted by molar-refractivity contribution is 0.505. The topological polar surface area (TPSA) is 75.1 Å². The molecule has 2 N–H and O–H groups in total. The summed E-state index contributed by atoms with van der Waals surface area (Å²) < 4.78 is 15.2. The monoisotopic (exact) mass is 351 g/mol. The van der Waals surface area contributed by atoms with Gasteiger partial charge in [0.25, 0.3) is 0 Å². The van der Waals surface area contributed by atoms with E-state index >= 15 is 0 Å². The van der Waals surface area contributed by atoms with Gasteiger partial charge in [0.05, 0.1) is 11.7 Å². The molecule has 132 valence electrons. The van der Waals surface area contributed by atoms with Gasteiger partial charge in [-0.3, -0.25) is 9.20 Å². The minimum atomic E-state index is -0.416. The van der Waals surface area contributed by atoms with E-state index in [1.165, 1.54) is 18.2 Å². The Balaban J connectivity index is 1.57. The molecule has 0 amide bonds. The number of H-pyrrole nitrogens is 1. The first-order valence-electron chi connectivity index (χ1n) is 8.48. The molecule has 1 atom stereocenters. The lowest BCUT2D eigenvalue weighted by Gasteiger charge is -2.15. The van der Waals surface area contributed by atoms with E-state index in [1.54, 1.807) is 12.3 Å². The highest BCUT2D eigenvalue weighted by molar-refractivity contribution is 5.78. The predicted molar refractivity (Wildman–Crippen MR) is 97.4 cm³/mol. The summed E-state index contributed by atoms with van der Waals surface area (Å²) >= 11 is 0. The third-order valence-electron chi connectivity index (χ3n) is 4.41. The summed E-state index contributed by atoms with van der Waals surface area (Å²) in [6.07, 6.45) is 6.41. The van der Waals surface area contributed by atoms with Crippen LogP contribution < -0.4 is 10.7 Å². The molecule has 0 bridgehead atoms. The number of benzene rings is 1. The van der Waals surface area contributed by atoms with Crippen LogP contribution in [0.3, 0.4) is 0 Å². The van der Waals surface area contributed by atoms with Crippen molar-refractivity contribution in [2.45, 2.75) is 25.9 Å². The molecule has 0 saturated heterocycles. The standard InChI is InChI=1S/C19H18FN5O/c1-2-15(17-11-25-7-3-6-21-19(25)24-17)22-10-13-9-18(26)14-8-12(20)4-5-16(14)23-13/h3-9,11,15,22H,2,10H2,1H3,(H,23,26). The lowest BCUT2D eigenvalue weighted by atomic mass is 10.1. The minimum absolute atomic E-state index is 0.0316. The van der Waals surface area contributed by atoms with Gasteiger partial charge in [0.15, 0.2) is 5.43 Å². The molecule has 7 heteroatoms. The van der Waals surface area contributed by atoms with Gasteiger partial charge in [-0.05, 0) is 30.7 Å². The number of fused-ring (bicyclic) bond motifs is 2. The molecule has 1 aromatic carbocycles. The number of hydrogen-bond donors (Lipinski definition) is 2. The van der Waals surface area contributed by atoms with Crippen molar-refractivity contribution in [3.05, 3.63) is 76.4 Å². The van der Waals surface area contributed by atoms with E-state index in [4.69, 9.17) is 0 Å². The number of hydrogen-bond acceptors (Lipinski definition) is 4. The van der Waals surface area contributed by atoms with Gasteiger partial charge in [0, 0.05) is 47.8 Å². The van der Waals surface area contributed by atoms with Gasteiger partial charge in [-0.1, -0.05) is 6.92 Å². The number of aromatic amines is 1. The van der Waals surface area contributed by atoms with Gasteiger partial charge < -0.3 is 10.3 Å². The maximum Gasteiger partial charge on any atom is 0.233 e. The summed E-state index contributed by atoms with van der Waals surface area (Å²) in [6.45, 7) is 2.55. The van der Waals surface area contributed by atoms with Crippen LogP contribution in [0.25, 0.3) is 16.7 Å². The molecule has 4 rings (SSSR count). The molecule has 0 fully saturated rings. The summed E-state index contributed by atoms with van der Waals surface area (Å²) in [6, 6.07) is 7.57. The van der Waals surface area contributed by atoms with Gasteiger partial charge >= 0.3 is 0 Å². The Hall–Kier alpha value is -3.06. The summed E-state index contributed by atoms with van der Waals surface area (Å²) in [4.78, 5) is 24.2. The van der Waals surface area contributed by atoms with Crippen molar-refractivity contribution in [3.8, 4) is 0 Å². The Kier molecular flexibility index (Phi) is 4.22. The molecule has 0 radical (unpaired) electrons. The Bertz CT molecular complexity index is 1100. The lowest BCUT2D eigenvalue weighted by Crippen LogP contribution is -2.22. The molecule has 0 aliphatic rings. The van der Waals surface area contributed by atoms with E-state index < -0.39 is 5.82 Å². The van der Waals surface area contributed by atoms with Crippen LogP contribution in [0.2, 0.25) is 0 Å². The summed E-state index contributed by atoms with van der Waals surface area (Å²) in [7, 11) is 0. The van der Waals surface area contributed by atoms with Crippen LogP contribution in [0.5, 0.6) is 0 Å². The molecule has 4 aromatic rings. The molecule has 3 heterocycles. The van der Waals surface area contributed by atoms with Crippen LogP contribution in [-0.4, -0.2) is 19.4 Å². The summed E-state index contributed by atoms with van der Waals surface area (Å²) in [5.74, 6) is 0.240. The maximum absolute atomic E-state index is 13.3. The Morgan fingerprint density at radius 1 is 1.35 bits per heavy atom. The highest BCUT2D eigenvalue weighted by Gasteiger charge is 2.14. The average molecular weight is 351 g/mol. The average Bonchev–Trinajstić information content (AvgIpc) is 3.07. The van der Waals surface area contributed by atoms with E-state index in [0.717, 1.165) is 17.8 Å². The van der Waals surface area contributed by atoms with E-state index in [9.17, 15) is 9.18 Å². The van der Waals surface area contributed by atoms with Crippen LogP contribution in [-0.2, 0) is 6.54 Å². The Labute approximate surface area is 148 Å². The van der Waals surface area contributed by atoms with E-state index in [2.05, 4.69) is 27.2 Å². The Morgan fingerprint density at radius 2 is 2.23 bits per heavy atom. The van der Waals surface area contributed by atoms with Crippen molar-refractivity contribution in [1.82, 2.24) is 24.7 Å². The van der Waals surface area contributed by atoms with E-state index in [0.29, 0.717) is 23.2 Å². The van der Waals surface area contributed by atoms with Crippen molar-refractivity contribution < 1.29 is 4.39 Å². The fourth-order valence-corrected chi connectivity index (χ4v) is 3.08. The van der Waals surface area contributed by atoms with Crippen LogP contribution in [0.15, 0.2) is 53.7 Å². The Morgan fingerprint density at radius 3 is 3.04 bits per heavy atom. The second-order valence-corrected chi connectivity index (χ2v) is 6.18. The van der Waals surface area contributed by atoms with Gasteiger partial charge in [0.2, 0.25) is 5.78 Å². The molecular weight excluding hydrogens is 333 g/mol. The van der Waals surface area contributed by atoms with Crippen molar-refractivity contribution in [2.75, 3.05) is 0 Å². The SMILES string of the molecule is CCC(NCc1cc(=O)c2cc(F)ccc2[nH]1)c1cn2cccnc2n1. The highest BCUT2D eigenvalue weighted by Crippen LogP contribution is 2.17. The molecular formula is C19H18FN5O. The van der Waals surface area contributed by atoms with Crippen molar-refractivity contribution in [1.29, 1.82) is 0 Å². The zero-order valence-electron chi connectivity index (χ0n) is 14.2. The van der Waals surface area contributed by atoms with Crippen molar-refractivity contribution in [3.63, 3.8) is 0 Å². The normalized spacial score (nSPS) is 12.7. The van der Waals surface area contributed by atoms with E-state index in [-0.39, 0.29) is 11.5 Å². The smallest absolute Gasteiger partial charge is 0.233 e. The number of nitrogens with one attached hydrogen (secondary N) is 2.